The number of carbonyl (C=O) groups is 1. The summed E-state index contributed by atoms with van der Waals surface area (Å²) >= 11 is 0. The number of aliphatic hydroxyl groups excluding tert-OH is 1. The Morgan fingerprint density at radius 2 is 1.71 bits per heavy atom. The number of nitrogens with zero attached hydrogens (tertiary/aromatic N) is 2. The highest BCUT2D eigenvalue weighted by atomic mass is 16.5. The van der Waals surface area contributed by atoms with E-state index in [2.05, 4.69) is 5.10 Å². The van der Waals surface area contributed by atoms with Gasteiger partial charge in [0, 0.05) is 5.39 Å². The predicted octanol–water partition coefficient (Wildman–Crippen LogP) is 1.75. The van der Waals surface area contributed by atoms with Crippen LogP contribution in [-0.4, -0.2) is 27.5 Å². The van der Waals surface area contributed by atoms with E-state index in [1.54, 1.807) is 24.3 Å². The van der Waals surface area contributed by atoms with Gasteiger partial charge in [0.25, 0.3) is 5.56 Å². The molecule has 0 spiro atoms. The van der Waals surface area contributed by atoms with E-state index in [-0.39, 0.29) is 31.0 Å². The largest absolute Gasteiger partial charge is 0.456 e. The number of ether oxygens (including phenoxy) is 1. The second kappa shape index (κ2) is 7.06. The molecule has 2 aromatic carbocycles. The van der Waals surface area contributed by atoms with Gasteiger partial charge in [-0.2, -0.15) is 5.10 Å². The van der Waals surface area contributed by atoms with Crippen LogP contribution in [0.25, 0.3) is 10.8 Å². The van der Waals surface area contributed by atoms with Gasteiger partial charge < -0.3 is 9.84 Å². The summed E-state index contributed by atoms with van der Waals surface area (Å²) < 4.78 is 6.40. The van der Waals surface area contributed by atoms with E-state index in [0.717, 1.165) is 10.2 Å². The smallest absolute Gasteiger partial charge is 0.359 e. The summed E-state index contributed by atoms with van der Waals surface area (Å²) in [7, 11) is 0. The molecule has 1 N–H and O–H groups in total. The van der Waals surface area contributed by atoms with Crippen LogP contribution in [0.4, 0.5) is 0 Å². The summed E-state index contributed by atoms with van der Waals surface area (Å²) in [5, 5.41) is 14.0. The second-order valence-corrected chi connectivity index (χ2v) is 5.21. The zero-order chi connectivity index (χ0) is 16.9. The van der Waals surface area contributed by atoms with Crippen molar-refractivity contribution in [2.75, 3.05) is 6.61 Å². The molecular formula is C18H16N2O4. The first-order chi connectivity index (χ1) is 11.7. The number of rotatable bonds is 5. The summed E-state index contributed by atoms with van der Waals surface area (Å²) in [6, 6.07) is 16.0. The Morgan fingerprint density at radius 1 is 1.04 bits per heavy atom. The highest BCUT2D eigenvalue weighted by Crippen LogP contribution is 2.15. The number of hydrogen-bond donors (Lipinski definition) is 1. The molecule has 3 aromatic rings. The number of aliphatic hydroxyl groups is 1. The molecule has 0 amide bonds. The third-order valence-electron chi connectivity index (χ3n) is 3.59. The van der Waals surface area contributed by atoms with Gasteiger partial charge in [0.2, 0.25) is 0 Å². The Labute approximate surface area is 137 Å². The van der Waals surface area contributed by atoms with Gasteiger partial charge in [-0.25, -0.2) is 9.48 Å². The minimum absolute atomic E-state index is 0.0165. The molecule has 0 radical (unpaired) electrons. The van der Waals surface area contributed by atoms with Crippen molar-refractivity contribution < 1.29 is 14.6 Å². The molecule has 0 bridgehead atoms. The Hall–Kier alpha value is -2.99. The SMILES string of the molecule is O=C(OCc1ccccc1)c1nn(CCO)c(=O)c2ccccc12. The first-order valence-corrected chi connectivity index (χ1v) is 7.52. The fourth-order valence-corrected chi connectivity index (χ4v) is 2.42. The van der Waals surface area contributed by atoms with E-state index in [1.807, 2.05) is 30.3 Å². The maximum atomic E-state index is 12.4. The fourth-order valence-electron chi connectivity index (χ4n) is 2.42. The first kappa shape index (κ1) is 15.9. The summed E-state index contributed by atoms with van der Waals surface area (Å²) in [6.45, 7) is -0.110. The minimum atomic E-state index is -0.609. The van der Waals surface area contributed by atoms with E-state index in [4.69, 9.17) is 9.84 Å². The van der Waals surface area contributed by atoms with E-state index < -0.39 is 5.97 Å². The highest BCUT2D eigenvalue weighted by molar-refractivity contribution is 6.02. The van der Waals surface area contributed by atoms with Crippen LogP contribution in [-0.2, 0) is 17.9 Å². The molecule has 0 fully saturated rings. The Kier molecular flexibility index (Phi) is 4.67. The lowest BCUT2D eigenvalue weighted by atomic mass is 10.1. The summed E-state index contributed by atoms with van der Waals surface area (Å²) in [5.41, 5.74) is 0.577. The zero-order valence-electron chi connectivity index (χ0n) is 12.9. The maximum Gasteiger partial charge on any atom is 0.359 e. The molecule has 6 nitrogen and oxygen atoms in total. The van der Waals surface area contributed by atoms with E-state index in [9.17, 15) is 9.59 Å². The molecule has 0 atom stereocenters. The van der Waals surface area contributed by atoms with Gasteiger partial charge in [-0.3, -0.25) is 4.79 Å². The van der Waals surface area contributed by atoms with Crippen molar-refractivity contribution in [1.82, 2.24) is 9.78 Å². The van der Waals surface area contributed by atoms with Crippen LogP contribution in [0.3, 0.4) is 0 Å². The molecule has 24 heavy (non-hydrogen) atoms. The van der Waals surface area contributed by atoms with E-state index in [1.165, 1.54) is 0 Å². The monoisotopic (exact) mass is 324 g/mol. The molecular weight excluding hydrogens is 308 g/mol. The van der Waals surface area contributed by atoms with Gasteiger partial charge >= 0.3 is 5.97 Å². The lowest BCUT2D eigenvalue weighted by Gasteiger charge is -2.10. The van der Waals surface area contributed by atoms with Gasteiger partial charge in [-0.05, 0) is 11.6 Å². The molecule has 0 unspecified atom stereocenters. The van der Waals surface area contributed by atoms with Gasteiger partial charge in [0.05, 0.1) is 18.5 Å². The van der Waals surface area contributed by atoms with E-state index >= 15 is 0 Å². The van der Waals surface area contributed by atoms with Crippen LogP contribution in [0.1, 0.15) is 16.1 Å². The van der Waals surface area contributed by atoms with Crippen molar-refractivity contribution >= 4 is 16.7 Å². The number of aromatic nitrogens is 2. The summed E-state index contributed by atoms with van der Waals surface area (Å²) in [4.78, 5) is 24.7. The molecule has 1 heterocycles. The van der Waals surface area contributed by atoms with Crippen molar-refractivity contribution in [1.29, 1.82) is 0 Å². The quantitative estimate of drug-likeness (QED) is 0.723. The lowest BCUT2D eigenvalue weighted by Crippen LogP contribution is -2.27. The molecule has 0 aliphatic carbocycles. The Morgan fingerprint density at radius 3 is 2.42 bits per heavy atom. The van der Waals surface area contributed by atoms with Crippen LogP contribution in [0.15, 0.2) is 59.4 Å². The first-order valence-electron chi connectivity index (χ1n) is 7.52. The topological polar surface area (TPSA) is 81.4 Å². The number of benzene rings is 2. The third kappa shape index (κ3) is 3.18. The van der Waals surface area contributed by atoms with Crippen molar-refractivity contribution in [3.8, 4) is 0 Å². The highest BCUT2D eigenvalue weighted by Gasteiger charge is 2.17. The van der Waals surface area contributed by atoms with Crippen molar-refractivity contribution in [2.45, 2.75) is 13.2 Å². The molecule has 6 heteroatoms. The fraction of sp³-hybridized carbons (Fsp3) is 0.167. The van der Waals surface area contributed by atoms with Crippen LogP contribution in [0.5, 0.6) is 0 Å². The van der Waals surface area contributed by atoms with Crippen molar-refractivity contribution in [3.63, 3.8) is 0 Å². The predicted molar refractivity (Wildman–Crippen MR) is 88.7 cm³/mol. The lowest BCUT2D eigenvalue weighted by molar-refractivity contribution is 0.0465. The molecule has 1 aromatic heterocycles. The molecule has 0 saturated carbocycles. The normalized spacial score (nSPS) is 10.7. The van der Waals surface area contributed by atoms with E-state index in [0.29, 0.717) is 10.8 Å². The number of hydrogen-bond acceptors (Lipinski definition) is 5. The molecule has 0 aliphatic heterocycles. The standard InChI is InChI=1S/C18H16N2O4/c21-11-10-20-17(22)15-9-5-4-8-14(15)16(19-20)18(23)24-12-13-6-2-1-3-7-13/h1-9,21H,10-12H2. The van der Waals surface area contributed by atoms with Gasteiger partial charge in [-0.15, -0.1) is 0 Å². The van der Waals surface area contributed by atoms with Gasteiger partial charge in [-0.1, -0.05) is 48.5 Å². The summed E-state index contributed by atoms with van der Waals surface area (Å²) in [5.74, 6) is -0.609. The summed E-state index contributed by atoms with van der Waals surface area (Å²) in [6.07, 6.45) is 0. The molecule has 3 rings (SSSR count). The molecule has 122 valence electrons. The number of esters is 1. The number of fused-ring (bicyclic) bond motifs is 1. The van der Waals surface area contributed by atoms with Crippen LogP contribution in [0, 0.1) is 0 Å². The third-order valence-corrected chi connectivity index (χ3v) is 3.59. The molecule has 0 saturated heterocycles. The Bertz CT molecular complexity index is 919. The van der Waals surface area contributed by atoms with Gasteiger partial charge in [0.15, 0.2) is 5.69 Å². The van der Waals surface area contributed by atoms with Crippen molar-refractivity contribution in [3.05, 3.63) is 76.2 Å². The van der Waals surface area contributed by atoms with Crippen LogP contribution >= 0.6 is 0 Å². The van der Waals surface area contributed by atoms with Gasteiger partial charge in [0.1, 0.15) is 6.61 Å². The average molecular weight is 324 g/mol. The molecule has 0 aliphatic rings. The van der Waals surface area contributed by atoms with Crippen molar-refractivity contribution in [2.24, 2.45) is 0 Å². The number of carbonyl (C=O) groups excluding carboxylic acids is 1. The zero-order valence-corrected chi connectivity index (χ0v) is 12.9. The van der Waals surface area contributed by atoms with Crippen LogP contribution < -0.4 is 5.56 Å². The van der Waals surface area contributed by atoms with Crippen LogP contribution in [0.2, 0.25) is 0 Å². The average Bonchev–Trinajstić information content (AvgIpc) is 2.63. The second-order valence-electron chi connectivity index (χ2n) is 5.21. The minimum Gasteiger partial charge on any atom is -0.456 e. The Balaban J connectivity index is 1.97. The maximum absolute atomic E-state index is 12.4.